The predicted molar refractivity (Wildman–Crippen MR) is 159 cm³/mol. The molecule has 0 radical (unpaired) electrons. The molecular formula is C34H30O12. The van der Waals surface area contributed by atoms with Crippen LogP contribution in [-0.4, -0.2) is 75.6 Å². The lowest BCUT2D eigenvalue weighted by Gasteiger charge is -2.41. The van der Waals surface area contributed by atoms with Crippen molar-refractivity contribution in [2.45, 2.75) is 37.3 Å². The van der Waals surface area contributed by atoms with Crippen LogP contribution < -0.4 is 4.74 Å². The van der Waals surface area contributed by atoms with Crippen molar-refractivity contribution in [1.82, 2.24) is 0 Å². The number of aliphatic hydroxyl groups excluding tert-OH is 2. The normalized spacial score (nSPS) is 20.7. The molecule has 1 aliphatic heterocycles. The third-order valence-electron chi connectivity index (χ3n) is 7.01. The fraction of sp³-hybridized carbons (Fsp3) is 0.206. The summed E-state index contributed by atoms with van der Waals surface area (Å²) in [7, 11) is 0. The molecular weight excluding hydrogens is 600 g/mol. The quantitative estimate of drug-likeness (QED) is 0.149. The van der Waals surface area contributed by atoms with Gasteiger partial charge in [-0.25, -0.2) is 14.4 Å². The van der Waals surface area contributed by atoms with Crippen LogP contribution in [0, 0.1) is 0 Å². The predicted octanol–water partition coefficient (Wildman–Crippen LogP) is 3.36. The average molecular weight is 631 g/mol. The SMILES string of the molecule is O=C(OCc1cc(O)ccc1O[C@@H]1O[C@H](COC(=O)c2ccccc2)[C@@H](O)[C@H](O)[C@H]1OC(=O)c1ccccc1)c1cccc(O)c1. The van der Waals surface area contributed by atoms with Gasteiger partial charge in [-0.05, 0) is 60.7 Å². The molecule has 12 heteroatoms. The minimum absolute atomic E-state index is 0.0101. The van der Waals surface area contributed by atoms with Crippen LogP contribution in [-0.2, 0) is 25.6 Å². The maximum atomic E-state index is 13.0. The fourth-order valence-electron chi connectivity index (χ4n) is 4.62. The van der Waals surface area contributed by atoms with Gasteiger partial charge in [-0.3, -0.25) is 0 Å². The Kier molecular flexibility index (Phi) is 10.1. The third kappa shape index (κ3) is 7.80. The maximum absolute atomic E-state index is 13.0. The number of benzene rings is 4. The number of phenolic OH excluding ortho intramolecular Hbond substituents is 2. The molecule has 1 heterocycles. The Hall–Kier alpha value is -5.43. The van der Waals surface area contributed by atoms with Gasteiger partial charge in [0.15, 0.2) is 6.10 Å². The number of carbonyl (C=O) groups excluding carboxylic acids is 3. The van der Waals surface area contributed by atoms with E-state index in [1.807, 2.05) is 0 Å². The summed E-state index contributed by atoms with van der Waals surface area (Å²) >= 11 is 0. The molecule has 1 saturated heterocycles. The van der Waals surface area contributed by atoms with Crippen LogP contribution in [0.1, 0.15) is 36.6 Å². The van der Waals surface area contributed by atoms with Crippen LogP contribution in [0.5, 0.6) is 17.2 Å². The van der Waals surface area contributed by atoms with Crippen LogP contribution in [0.15, 0.2) is 103 Å². The van der Waals surface area contributed by atoms with Crippen molar-refractivity contribution < 1.29 is 58.5 Å². The van der Waals surface area contributed by atoms with E-state index in [9.17, 15) is 34.8 Å². The number of carbonyl (C=O) groups is 3. The fourth-order valence-corrected chi connectivity index (χ4v) is 4.62. The summed E-state index contributed by atoms with van der Waals surface area (Å²) in [6.07, 6.45) is -7.89. The Bertz CT molecular complexity index is 1660. The smallest absolute Gasteiger partial charge is 0.338 e. The van der Waals surface area contributed by atoms with E-state index in [1.54, 1.807) is 48.5 Å². The van der Waals surface area contributed by atoms with Gasteiger partial charge < -0.3 is 44.1 Å². The van der Waals surface area contributed by atoms with Crippen LogP contribution >= 0.6 is 0 Å². The second kappa shape index (κ2) is 14.6. The van der Waals surface area contributed by atoms with E-state index in [0.717, 1.165) is 0 Å². The number of esters is 3. The van der Waals surface area contributed by atoms with E-state index in [0.29, 0.717) is 0 Å². The number of ether oxygens (including phenoxy) is 5. The van der Waals surface area contributed by atoms with Crippen molar-refractivity contribution in [2.75, 3.05) is 6.61 Å². The molecule has 0 amide bonds. The zero-order valence-electron chi connectivity index (χ0n) is 24.2. The molecule has 5 rings (SSSR count). The summed E-state index contributed by atoms with van der Waals surface area (Å²) in [5.74, 6) is -2.62. The molecule has 12 nitrogen and oxygen atoms in total. The molecule has 1 aliphatic rings. The minimum atomic E-state index is -1.75. The van der Waals surface area contributed by atoms with Crippen molar-refractivity contribution >= 4 is 17.9 Å². The Morgan fingerprint density at radius 2 is 1.26 bits per heavy atom. The lowest BCUT2D eigenvalue weighted by atomic mass is 9.98. The van der Waals surface area contributed by atoms with Crippen LogP contribution in [0.4, 0.5) is 0 Å². The monoisotopic (exact) mass is 630 g/mol. The van der Waals surface area contributed by atoms with Gasteiger partial charge in [0.2, 0.25) is 6.29 Å². The van der Waals surface area contributed by atoms with Crippen molar-refractivity contribution in [3.8, 4) is 17.2 Å². The first-order valence-corrected chi connectivity index (χ1v) is 14.1. The Labute approximate surface area is 262 Å². The molecule has 238 valence electrons. The minimum Gasteiger partial charge on any atom is -0.508 e. The van der Waals surface area contributed by atoms with Gasteiger partial charge in [0.1, 0.15) is 48.8 Å². The van der Waals surface area contributed by atoms with Crippen LogP contribution in [0.2, 0.25) is 0 Å². The summed E-state index contributed by atoms with van der Waals surface area (Å²) in [5.41, 5.74) is 0.657. The first kappa shape index (κ1) is 32.0. The van der Waals surface area contributed by atoms with Gasteiger partial charge >= 0.3 is 17.9 Å². The number of rotatable bonds is 10. The van der Waals surface area contributed by atoms with Crippen molar-refractivity contribution in [1.29, 1.82) is 0 Å². The molecule has 1 fully saturated rings. The third-order valence-corrected chi connectivity index (χ3v) is 7.01. The van der Waals surface area contributed by atoms with E-state index < -0.39 is 61.8 Å². The van der Waals surface area contributed by atoms with Gasteiger partial charge in [-0.15, -0.1) is 0 Å². The summed E-state index contributed by atoms with van der Waals surface area (Å²) in [6, 6.07) is 25.5. The molecule has 46 heavy (non-hydrogen) atoms. The van der Waals surface area contributed by atoms with Gasteiger partial charge in [0.05, 0.1) is 16.7 Å². The Morgan fingerprint density at radius 1 is 0.652 bits per heavy atom. The van der Waals surface area contributed by atoms with Gasteiger partial charge in [-0.1, -0.05) is 42.5 Å². The van der Waals surface area contributed by atoms with Gasteiger partial charge in [0.25, 0.3) is 0 Å². The molecule has 4 aromatic rings. The van der Waals surface area contributed by atoms with Crippen LogP contribution in [0.25, 0.3) is 0 Å². The maximum Gasteiger partial charge on any atom is 0.338 e. The summed E-state index contributed by atoms with van der Waals surface area (Å²) in [6.45, 7) is -0.891. The molecule has 5 atom stereocenters. The highest BCUT2D eigenvalue weighted by atomic mass is 16.7. The lowest BCUT2D eigenvalue weighted by molar-refractivity contribution is -0.276. The number of aromatic hydroxyl groups is 2. The van der Waals surface area contributed by atoms with Crippen LogP contribution in [0.3, 0.4) is 0 Å². The van der Waals surface area contributed by atoms with E-state index in [2.05, 4.69) is 0 Å². The summed E-state index contributed by atoms with van der Waals surface area (Å²) in [5, 5.41) is 41.8. The second-order valence-corrected chi connectivity index (χ2v) is 10.3. The van der Waals surface area contributed by atoms with E-state index in [4.69, 9.17) is 23.7 Å². The van der Waals surface area contributed by atoms with Crippen molar-refractivity contribution in [3.05, 3.63) is 125 Å². The summed E-state index contributed by atoms with van der Waals surface area (Å²) in [4.78, 5) is 38.1. The number of hydrogen-bond donors (Lipinski definition) is 4. The van der Waals surface area contributed by atoms with E-state index >= 15 is 0 Å². The molecule has 0 aromatic heterocycles. The van der Waals surface area contributed by atoms with Gasteiger partial charge in [0, 0.05) is 5.56 Å². The highest BCUT2D eigenvalue weighted by molar-refractivity contribution is 5.90. The zero-order chi connectivity index (χ0) is 32.6. The van der Waals surface area contributed by atoms with Crippen molar-refractivity contribution in [3.63, 3.8) is 0 Å². The summed E-state index contributed by atoms with van der Waals surface area (Å²) < 4.78 is 28.2. The first-order valence-electron chi connectivity index (χ1n) is 14.1. The van der Waals surface area contributed by atoms with Gasteiger partial charge in [-0.2, -0.15) is 0 Å². The molecule has 0 bridgehead atoms. The standard InChI is InChI=1S/C34H30O12/c35-24-13-7-12-22(16-24)32(40)42-18-23-17-25(36)14-15-26(23)44-34-30(46-33(41)21-10-5-2-6-11-21)29(38)28(37)27(45-34)19-43-31(39)20-8-3-1-4-9-20/h1-17,27-30,34-38H,18-19H2/t27-,28-,29+,30-,34-/m1/s1. The Balaban J connectivity index is 1.37. The van der Waals surface area contributed by atoms with E-state index in [1.165, 1.54) is 54.6 Å². The molecule has 0 spiro atoms. The number of aliphatic hydroxyl groups is 2. The highest BCUT2D eigenvalue weighted by Crippen LogP contribution is 2.31. The van der Waals surface area contributed by atoms with Crippen molar-refractivity contribution in [2.24, 2.45) is 0 Å². The zero-order valence-corrected chi connectivity index (χ0v) is 24.2. The largest absolute Gasteiger partial charge is 0.508 e. The molecule has 0 aliphatic carbocycles. The first-order chi connectivity index (χ1) is 22.2. The molecule has 4 aromatic carbocycles. The lowest BCUT2D eigenvalue weighted by Crippen LogP contribution is -2.61. The topological polar surface area (TPSA) is 178 Å². The molecule has 0 unspecified atom stereocenters. The van der Waals surface area contributed by atoms with E-state index in [-0.39, 0.29) is 39.5 Å². The second-order valence-electron chi connectivity index (χ2n) is 10.3. The average Bonchev–Trinajstić information content (AvgIpc) is 3.07. The number of hydrogen-bond acceptors (Lipinski definition) is 12. The number of phenols is 2. The molecule has 0 saturated carbocycles. The highest BCUT2D eigenvalue weighted by Gasteiger charge is 2.49. The Morgan fingerprint density at radius 3 is 1.93 bits per heavy atom. The molecule has 4 N–H and O–H groups in total.